The number of hydrogen-bond acceptors (Lipinski definition) is 3. The summed E-state index contributed by atoms with van der Waals surface area (Å²) in [5, 5.41) is 5.09. The number of aromatic nitrogens is 3. The van der Waals surface area contributed by atoms with Crippen LogP contribution in [0.5, 0.6) is 0 Å². The molecule has 0 spiro atoms. The lowest BCUT2D eigenvalue weighted by Crippen LogP contribution is -2.04. The van der Waals surface area contributed by atoms with Gasteiger partial charge in [-0.1, -0.05) is 25.4 Å². The molecule has 17 heavy (non-hydrogen) atoms. The van der Waals surface area contributed by atoms with Gasteiger partial charge in [0, 0.05) is 10.9 Å². The first kappa shape index (κ1) is 12.1. The van der Waals surface area contributed by atoms with Gasteiger partial charge in [-0.2, -0.15) is 0 Å². The van der Waals surface area contributed by atoms with Crippen molar-refractivity contribution in [3.05, 3.63) is 40.9 Å². The van der Waals surface area contributed by atoms with E-state index in [-0.39, 0.29) is 0 Å². The van der Waals surface area contributed by atoms with Gasteiger partial charge in [-0.15, -0.1) is 5.10 Å². The van der Waals surface area contributed by atoms with Crippen molar-refractivity contribution < 1.29 is 0 Å². The van der Waals surface area contributed by atoms with Gasteiger partial charge < -0.3 is 5.73 Å². The van der Waals surface area contributed by atoms with Gasteiger partial charge in [0.15, 0.2) is 5.82 Å². The summed E-state index contributed by atoms with van der Waals surface area (Å²) in [6, 6.07) is 7.52. The standard InChI is InChI=1S/C12H15ClN4/c1-8(2)12-15-11(7-14)16-17(12)10-5-3-9(13)4-6-10/h3-6,8H,7,14H2,1-2H3. The Bertz CT molecular complexity index is 502. The van der Waals surface area contributed by atoms with E-state index in [0.717, 1.165) is 11.5 Å². The summed E-state index contributed by atoms with van der Waals surface area (Å²) in [6.45, 7) is 4.51. The second-order valence-electron chi connectivity index (χ2n) is 4.13. The Morgan fingerprint density at radius 2 is 1.94 bits per heavy atom. The van der Waals surface area contributed by atoms with Gasteiger partial charge in [0.1, 0.15) is 5.82 Å². The quantitative estimate of drug-likeness (QED) is 0.911. The van der Waals surface area contributed by atoms with Gasteiger partial charge in [-0.3, -0.25) is 0 Å². The third-order valence-electron chi connectivity index (χ3n) is 2.45. The SMILES string of the molecule is CC(C)c1nc(CN)nn1-c1ccc(Cl)cc1. The Balaban J connectivity index is 2.49. The van der Waals surface area contributed by atoms with Crippen LogP contribution in [0.15, 0.2) is 24.3 Å². The van der Waals surface area contributed by atoms with Crippen LogP contribution in [0, 0.1) is 0 Å². The summed E-state index contributed by atoms with van der Waals surface area (Å²) >= 11 is 5.87. The first-order valence-corrected chi connectivity index (χ1v) is 5.91. The van der Waals surface area contributed by atoms with Crippen LogP contribution in [-0.2, 0) is 6.54 Å². The van der Waals surface area contributed by atoms with E-state index < -0.39 is 0 Å². The number of hydrogen-bond donors (Lipinski definition) is 1. The summed E-state index contributed by atoms with van der Waals surface area (Å²) in [6.07, 6.45) is 0. The fraction of sp³-hybridized carbons (Fsp3) is 0.333. The molecule has 90 valence electrons. The predicted octanol–water partition coefficient (Wildman–Crippen LogP) is 2.50. The summed E-state index contributed by atoms with van der Waals surface area (Å²) in [5.41, 5.74) is 6.52. The Morgan fingerprint density at radius 3 is 2.47 bits per heavy atom. The molecule has 1 aromatic carbocycles. The smallest absolute Gasteiger partial charge is 0.164 e. The maximum absolute atomic E-state index is 5.87. The van der Waals surface area contributed by atoms with Crippen LogP contribution in [-0.4, -0.2) is 14.8 Å². The Labute approximate surface area is 105 Å². The number of halogens is 1. The average molecular weight is 251 g/mol. The first-order valence-electron chi connectivity index (χ1n) is 5.53. The maximum Gasteiger partial charge on any atom is 0.164 e. The molecule has 0 unspecified atom stereocenters. The van der Waals surface area contributed by atoms with Crippen LogP contribution in [0.1, 0.15) is 31.4 Å². The van der Waals surface area contributed by atoms with Gasteiger partial charge in [0.25, 0.3) is 0 Å². The Hall–Kier alpha value is -1.39. The number of nitrogens with zero attached hydrogens (tertiary/aromatic N) is 3. The van der Waals surface area contributed by atoms with Crippen molar-refractivity contribution in [2.24, 2.45) is 5.73 Å². The van der Waals surface area contributed by atoms with Crippen molar-refractivity contribution in [1.29, 1.82) is 0 Å². The summed E-state index contributed by atoms with van der Waals surface area (Å²) in [5.74, 6) is 1.86. The van der Waals surface area contributed by atoms with E-state index >= 15 is 0 Å². The lowest BCUT2D eigenvalue weighted by atomic mass is 10.2. The minimum Gasteiger partial charge on any atom is -0.324 e. The fourth-order valence-corrected chi connectivity index (χ4v) is 1.73. The molecule has 5 heteroatoms. The normalized spacial score (nSPS) is 11.1. The predicted molar refractivity (Wildman–Crippen MR) is 68.3 cm³/mol. The molecule has 0 saturated carbocycles. The van der Waals surface area contributed by atoms with Crippen molar-refractivity contribution in [1.82, 2.24) is 14.8 Å². The number of nitrogens with two attached hydrogens (primary N) is 1. The third kappa shape index (κ3) is 2.48. The number of rotatable bonds is 3. The molecule has 0 fully saturated rings. The highest BCUT2D eigenvalue weighted by Gasteiger charge is 2.13. The van der Waals surface area contributed by atoms with Crippen molar-refractivity contribution >= 4 is 11.6 Å². The van der Waals surface area contributed by atoms with Gasteiger partial charge in [0.05, 0.1) is 12.2 Å². The molecule has 2 rings (SSSR count). The molecule has 0 radical (unpaired) electrons. The fourth-order valence-electron chi connectivity index (χ4n) is 1.60. The molecule has 0 amide bonds. The van der Waals surface area contributed by atoms with E-state index in [2.05, 4.69) is 23.9 Å². The molecule has 1 heterocycles. The maximum atomic E-state index is 5.87. The summed E-state index contributed by atoms with van der Waals surface area (Å²) in [4.78, 5) is 4.42. The monoisotopic (exact) mass is 250 g/mol. The Kier molecular flexibility index (Phi) is 3.45. The molecule has 0 aliphatic carbocycles. The first-order chi connectivity index (χ1) is 8.11. The summed E-state index contributed by atoms with van der Waals surface area (Å²) < 4.78 is 1.82. The highest BCUT2D eigenvalue weighted by molar-refractivity contribution is 6.30. The van der Waals surface area contributed by atoms with E-state index in [4.69, 9.17) is 17.3 Å². The molecule has 0 saturated heterocycles. The molecule has 0 atom stereocenters. The van der Waals surface area contributed by atoms with Gasteiger partial charge >= 0.3 is 0 Å². The highest BCUT2D eigenvalue weighted by Crippen LogP contribution is 2.19. The van der Waals surface area contributed by atoms with Crippen LogP contribution >= 0.6 is 11.6 Å². The zero-order chi connectivity index (χ0) is 12.4. The largest absolute Gasteiger partial charge is 0.324 e. The van der Waals surface area contributed by atoms with Gasteiger partial charge in [-0.05, 0) is 24.3 Å². The average Bonchev–Trinajstić information content (AvgIpc) is 2.74. The molecule has 0 aliphatic rings. The van der Waals surface area contributed by atoms with Crippen LogP contribution in [0.25, 0.3) is 5.69 Å². The molecule has 0 bridgehead atoms. The van der Waals surface area contributed by atoms with Crippen molar-refractivity contribution in [3.63, 3.8) is 0 Å². The van der Waals surface area contributed by atoms with E-state index in [9.17, 15) is 0 Å². The minimum atomic E-state index is 0.290. The second kappa shape index (κ2) is 4.85. The van der Waals surface area contributed by atoms with Crippen LogP contribution in [0.2, 0.25) is 5.02 Å². The van der Waals surface area contributed by atoms with Crippen molar-refractivity contribution in [3.8, 4) is 5.69 Å². The van der Waals surface area contributed by atoms with Gasteiger partial charge in [0.2, 0.25) is 0 Å². The van der Waals surface area contributed by atoms with E-state index in [0.29, 0.717) is 23.3 Å². The summed E-state index contributed by atoms with van der Waals surface area (Å²) in [7, 11) is 0. The lowest BCUT2D eigenvalue weighted by molar-refractivity contribution is 0.713. The van der Waals surface area contributed by atoms with Gasteiger partial charge in [-0.25, -0.2) is 9.67 Å². The molecule has 2 N–H and O–H groups in total. The number of benzene rings is 1. The van der Waals surface area contributed by atoms with Crippen LogP contribution < -0.4 is 5.73 Å². The second-order valence-corrected chi connectivity index (χ2v) is 4.57. The highest BCUT2D eigenvalue weighted by atomic mass is 35.5. The third-order valence-corrected chi connectivity index (χ3v) is 2.70. The Morgan fingerprint density at radius 1 is 1.29 bits per heavy atom. The molecular formula is C12H15ClN4. The lowest BCUT2D eigenvalue weighted by Gasteiger charge is -2.07. The van der Waals surface area contributed by atoms with Crippen LogP contribution in [0.3, 0.4) is 0 Å². The minimum absolute atomic E-state index is 0.290. The zero-order valence-corrected chi connectivity index (χ0v) is 10.6. The van der Waals surface area contributed by atoms with E-state index in [1.165, 1.54) is 0 Å². The molecule has 4 nitrogen and oxygen atoms in total. The molecule has 0 aliphatic heterocycles. The van der Waals surface area contributed by atoms with E-state index in [1.54, 1.807) is 0 Å². The van der Waals surface area contributed by atoms with Crippen LogP contribution in [0.4, 0.5) is 0 Å². The molecule has 1 aromatic heterocycles. The van der Waals surface area contributed by atoms with Crippen molar-refractivity contribution in [2.45, 2.75) is 26.3 Å². The van der Waals surface area contributed by atoms with Crippen molar-refractivity contribution in [2.75, 3.05) is 0 Å². The van der Waals surface area contributed by atoms with E-state index in [1.807, 2.05) is 28.9 Å². The topological polar surface area (TPSA) is 56.7 Å². The molecular weight excluding hydrogens is 236 g/mol. The molecule has 2 aromatic rings. The zero-order valence-electron chi connectivity index (χ0n) is 9.89.